The molecule has 0 aliphatic carbocycles. The van der Waals surface area contributed by atoms with E-state index in [2.05, 4.69) is 10.5 Å². The van der Waals surface area contributed by atoms with Crippen molar-refractivity contribution in [2.45, 2.75) is 20.0 Å². The van der Waals surface area contributed by atoms with Gasteiger partial charge in [-0.1, -0.05) is 29.4 Å². The Balaban J connectivity index is 1.79. The molecule has 0 saturated carbocycles. The van der Waals surface area contributed by atoms with Gasteiger partial charge < -0.3 is 19.3 Å². The Morgan fingerprint density at radius 1 is 1.12 bits per heavy atom. The molecule has 26 heavy (non-hydrogen) atoms. The highest BCUT2D eigenvalue weighted by atomic mass is 16.5. The van der Waals surface area contributed by atoms with E-state index in [0.717, 1.165) is 5.56 Å². The van der Waals surface area contributed by atoms with E-state index in [1.165, 1.54) is 0 Å². The molecule has 6 heteroatoms. The maximum Gasteiger partial charge on any atom is 0.277 e. The average molecular weight is 352 g/mol. The summed E-state index contributed by atoms with van der Waals surface area (Å²) in [4.78, 5) is 12.5. The molecule has 6 nitrogen and oxygen atoms in total. The van der Waals surface area contributed by atoms with Crippen LogP contribution in [-0.2, 0) is 0 Å². The molecule has 1 aromatic heterocycles. The Morgan fingerprint density at radius 3 is 2.69 bits per heavy atom. The van der Waals surface area contributed by atoms with E-state index in [1.807, 2.05) is 50.2 Å². The summed E-state index contributed by atoms with van der Waals surface area (Å²) in [5, 5.41) is 6.67. The lowest BCUT2D eigenvalue weighted by Gasteiger charge is -2.14. The third kappa shape index (κ3) is 4.03. The predicted molar refractivity (Wildman–Crippen MR) is 98.7 cm³/mol. The number of nitrogens with one attached hydrogen (secondary N) is 1. The minimum atomic E-state index is -0.372. The van der Waals surface area contributed by atoms with Crippen LogP contribution in [-0.4, -0.2) is 24.3 Å². The first-order chi connectivity index (χ1) is 12.6. The van der Waals surface area contributed by atoms with Crippen molar-refractivity contribution in [3.8, 4) is 22.8 Å². The van der Waals surface area contributed by atoms with Crippen LogP contribution in [0.5, 0.6) is 11.5 Å². The van der Waals surface area contributed by atoms with Crippen LogP contribution in [0.4, 0.5) is 5.69 Å². The fraction of sp³-hybridized carbons (Fsp3) is 0.200. The molecule has 134 valence electrons. The lowest BCUT2D eigenvalue weighted by molar-refractivity contribution is 0.101. The van der Waals surface area contributed by atoms with Crippen LogP contribution >= 0.6 is 0 Å². The number of anilines is 1. The highest BCUT2D eigenvalue weighted by Gasteiger charge is 2.16. The van der Waals surface area contributed by atoms with Crippen LogP contribution in [0.25, 0.3) is 11.3 Å². The molecule has 0 aliphatic heterocycles. The summed E-state index contributed by atoms with van der Waals surface area (Å²) in [6.45, 7) is 3.85. The molecule has 0 saturated heterocycles. The van der Waals surface area contributed by atoms with Crippen molar-refractivity contribution in [2.75, 3.05) is 12.4 Å². The van der Waals surface area contributed by atoms with Crippen LogP contribution in [0.3, 0.4) is 0 Å². The number of para-hydroxylation sites is 2. The van der Waals surface area contributed by atoms with Gasteiger partial charge in [0.1, 0.15) is 11.5 Å². The van der Waals surface area contributed by atoms with E-state index in [4.69, 9.17) is 14.0 Å². The number of hydrogen-bond acceptors (Lipinski definition) is 5. The van der Waals surface area contributed by atoms with Crippen molar-refractivity contribution in [2.24, 2.45) is 0 Å². The first-order valence-corrected chi connectivity index (χ1v) is 8.25. The summed E-state index contributed by atoms with van der Waals surface area (Å²) in [6.07, 6.45) is -0.000217. The van der Waals surface area contributed by atoms with Crippen molar-refractivity contribution in [3.05, 3.63) is 60.3 Å². The highest BCUT2D eigenvalue weighted by molar-refractivity contribution is 6.04. The SMILES string of the molecule is COc1cccc(-c2cc(C(=O)Nc3ccccc3OC(C)C)no2)c1. The lowest BCUT2D eigenvalue weighted by atomic mass is 10.1. The number of rotatable bonds is 6. The smallest absolute Gasteiger partial charge is 0.277 e. The van der Waals surface area contributed by atoms with Gasteiger partial charge in [-0.25, -0.2) is 0 Å². The number of methoxy groups -OCH3 is 1. The van der Waals surface area contributed by atoms with Gasteiger partial charge in [-0.2, -0.15) is 0 Å². The first-order valence-electron chi connectivity index (χ1n) is 8.25. The molecule has 3 aromatic rings. The van der Waals surface area contributed by atoms with Gasteiger partial charge in [0.05, 0.1) is 18.9 Å². The van der Waals surface area contributed by atoms with Crippen LogP contribution in [0.2, 0.25) is 0 Å². The minimum absolute atomic E-state index is 0.000217. The van der Waals surface area contributed by atoms with Gasteiger partial charge in [0.15, 0.2) is 11.5 Å². The van der Waals surface area contributed by atoms with Crippen LogP contribution in [0.15, 0.2) is 59.1 Å². The van der Waals surface area contributed by atoms with Crippen molar-refractivity contribution in [1.29, 1.82) is 0 Å². The number of hydrogen-bond donors (Lipinski definition) is 1. The fourth-order valence-corrected chi connectivity index (χ4v) is 2.41. The number of benzene rings is 2. The summed E-state index contributed by atoms with van der Waals surface area (Å²) < 4.78 is 16.2. The molecule has 1 amide bonds. The molecule has 0 radical (unpaired) electrons. The zero-order valence-electron chi connectivity index (χ0n) is 14.9. The van der Waals surface area contributed by atoms with Gasteiger partial charge in [0.2, 0.25) is 0 Å². The number of ether oxygens (including phenoxy) is 2. The van der Waals surface area contributed by atoms with Crippen molar-refractivity contribution in [3.63, 3.8) is 0 Å². The van der Waals surface area contributed by atoms with Gasteiger partial charge in [0.25, 0.3) is 5.91 Å². The predicted octanol–water partition coefficient (Wildman–Crippen LogP) is 4.39. The summed E-state index contributed by atoms with van der Waals surface area (Å²) in [7, 11) is 1.59. The topological polar surface area (TPSA) is 73.6 Å². The Bertz CT molecular complexity index is 902. The highest BCUT2D eigenvalue weighted by Crippen LogP contribution is 2.27. The van der Waals surface area contributed by atoms with Gasteiger partial charge in [0, 0.05) is 11.6 Å². The van der Waals surface area contributed by atoms with Crippen LogP contribution in [0, 0.1) is 0 Å². The molecule has 3 rings (SSSR count). The first kappa shape index (κ1) is 17.5. The molecule has 0 spiro atoms. The number of nitrogens with zero attached hydrogens (tertiary/aromatic N) is 1. The van der Waals surface area contributed by atoms with E-state index in [0.29, 0.717) is 22.9 Å². The van der Waals surface area contributed by atoms with E-state index < -0.39 is 0 Å². The molecule has 1 N–H and O–H groups in total. The largest absolute Gasteiger partial charge is 0.497 e. The third-order valence-corrected chi connectivity index (χ3v) is 3.59. The standard InChI is InChI=1S/C20H20N2O4/c1-13(2)25-18-10-5-4-9-16(18)21-20(23)17-12-19(26-22-17)14-7-6-8-15(11-14)24-3/h4-13H,1-3H3,(H,21,23). The number of carbonyl (C=O) groups is 1. The zero-order chi connectivity index (χ0) is 18.5. The minimum Gasteiger partial charge on any atom is -0.497 e. The molecular weight excluding hydrogens is 332 g/mol. The molecule has 0 atom stereocenters. The quantitative estimate of drug-likeness (QED) is 0.712. The maximum absolute atomic E-state index is 12.5. The summed E-state index contributed by atoms with van der Waals surface area (Å²) in [5.74, 6) is 1.42. The second-order valence-corrected chi connectivity index (χ2v) is 5.93. The van der Waals surface area contributed by atoms with E-state index in [1.54, 1.807) is 25.3 Å². The van der Waals surface area contributed by atoms with E-state index in [-0.39, 0.29) is 17.7 Å². The number of aromatic nitrogens is 1. The van der Waals surface area contributed by atoms with Gasteiger partial charge in [-0.05, 0) is 38.1 Å². The normalized spacial score (nSPS) is 10.6. The molecule has 1 heterocycles. The summed E-state index contributed by atoms with van der Waals surface area (Å²) >= 11 is 0. The van der Waals surface area contributed by atoms with Crippen molar-refractivity contribution >= 4 is 11.6 Å². The molecule has 0 fully saturated rings. The zero-order valence-corrected chi connectivity index (χ0v) is 14.9. The van der Waals surface area contributed by atoms with Crippen molar-refractivity contribution < 1.29 is 18.8 Å². The monoisotopic (exact) mass is 352 g/mol. The van der Waals surface area contributed by atoms with Gasteiger partial charge in [-0.3, -0.25) is 4.79 Å². The Morgan fingerprint density at radius 2 is 1.92 bits per heavy atom. The maximum atomic E-state index is 12.5. The summed E-state index contributed by atoms with van der Waals surface area (Å²) in [5.41, 5.74) is 1.54. The number of amides is 1. The third-order valence-electron chi connectivity index (χ3n) is 3.59. The number of carbonyl (C=O) groups excluding carboxylic acids is 1. The van der Waals surface area contributed by atoms with Crippen molar-refractivity contribution in [1.82, 2.24) is 5.16 Å². The Kier molecular flexibility index (Phi) is 5.22. The molecular formula is C20H20N2O4. The van der Waals surface area contributed by atoms with Gasteiger partial charge in [-0.15, -0.1) is 0 Å². The molecule has 0 unspecified atom stereocenters. The second kappa shape index (κ2) is 7.74. The van der Waals surface area contributed by atoms with Crippen LogP contribution < -0.4 is 14.8 Å². The lowest BCUT2D eigenvalue weighted by Crippen LogP contribution is -2.14. The van der Waals surface area contributed by atoms with E-state index in [9.17, 15) is 4.79 Å². The molecule has 0 aliphatic rings. The molecule has 2 aromatic carbocycles. The Hall–Kier alpha value is -3.28. The molecule has 0 bridgehead atoms. The Labute approximate surface area is 151 Å². The van der Waals surface area contributed by atoms with E-state index >= 15 is 0 Å². The van der Waals surface area contributed by atoms with Gasteiger partial charge >= 0.3 is 0 Å². The average Bonchev–Trinajstić information content (AvgIpc) is 3.13. The summed E-state index contributed by atoms with van der Waals surface area (Å²) in [6, 6.07) is 16.2. The fourth-order valence-electron chi connectivity index (χ4n) is 2.41. The van der Waals surface area contributed by atoms with Crippen LogP contribution in [0.1, 0.15) is 24.3 Å². The second-order valence-electron chi connectivity index (χ2n) is 5.93.